The molecule has 0 saturated carbocycles. The Morgan fingerprint density at radius 2 is 0.700 bits per heavy atom. The first-order chi connectivity index (χ1) is 16.8. The highest BCUT2D eigenvalue weighted by Crippen LogP contribution is 2.57. The number of carbonyl (C=O) groups excluding carboxylic acids is 1. The largest absolute Gasteiger partial charge is 0.470 e. The van der Waals surface area contributed by atoms with Crippen LogP contribution in [0.3, 0.4) is 0 Å². The van der Waals surface area contributed by atoms with E-state index >= 15 is 0 Å². The lowest BCUT2D eigenvalue weighted by atomic mass is 10.2. The van der Waals surface area contributed by atoms with E-state index in [9.17, 15) is 110 Å². The van der Waals surface area contributed by atoms with Crippen molar-refractivity contribution in [2.24, 2.45) is 0 Å². The van der Waals surface area contributed by atoms with Crippen molar-refractivity contribution in [2.75, 3.05) is 0 Å². The zero-order valence-corrected chi connectivity index (χ0v) is 16.7. The minimum Gasteiger partial charge on any atom is -0.408 e. The van der Waals surface area contributed by atoms with Gasteiger partial charge in [-0.3, -0.25) is 9.47 Å². The van der Waals surface area contributed by atoms with Crippen molar-refractivity contribution in [1.29, 1.82) is 0 Å². The fourth-order valence-corrected chi connectivity index (χ4v) is 1.62. The van der Waals surface area contributed by atoms with E-state index in [-0.39, 0.29) is 0 Å². The summed E-state index contributed by atoms with van der Waals surface area (Å²) < 4.78 is 309. The van der Waals surface area contributed by atoms with Gasteiger partial charge in [-0.15, -0.1) is 0 Å². The Morgan fingerprint density at radius 1 is 0.375 bits per heavy atom. The van der Waals surface area contributed by atoms with Crippen molar-refractivity contribution in [1.82, 2.24) is 0 Å². The zero-order chi connectivity index (χ0) is 33.2. The first kappa shape index (κ1) is 37.7. The van der Waals surface area contributed by atoms with Crippen molar-refractivity contribution in [3.05, 3.63) is 0 Å². The Bertz CT molecular complexity index is 907. The summed E-state index contributed by atoms with van der Waals surface area (Å²) in [5.41, 5.74) is 0. The van der Waals surface area contributed by atoms with Gasteiger partial charge in [0.25, 0.3) is 0 Å². The van der Waals surface area contributed by atoms with Crippen LogP contribution in [0.4, 0.5) is 105 Å². The van der Waals surface area contributed by atoms with Crippen LogP contribution < -0.4 is 0 Å². The molecule has 0 aromatic carbocycles. The van der Waals surface area contributed by atoms with Crippen molar-refractivity contribution < 1.29 is 124 Å². The molecule has 0 bridgehead atoms. The van der Waals surface area contributed by atoms with Crippen LogP contribution in [0.25, 0.3) is 0 Å². The van der Waals surface area contributed by atoms with E-state index in [1.165, 1.54) is 9.47 Å². The Labute approximate surface area is 198 Å². The van der Waals surface area contributed by atoms with Crippen molar-refractivity contribution in [2.45, 2.75) is 66.6 Å². The highest BCUT2D eigenvalue weighted by Gasteiger charge is 2.86. The molecule has 0 aliphatic rings. The van der Waals surface area contributed by atoms with Crippen molar-refractivity contribution in [3.8, 4) is 0 Å². The van der Waals surface area contributed by atoms with E-state index in [2.05, 4.69) is 0 Å². The second-order valence-corrected chi connectivity index (χ2v) is 6.48. The molecule has 40 heavy (non-hydrogen) atoms. The molecule has 0 saturated heterocycles. The van der Waals surface area contributed by atoms with Crippen LogP contribution in [0.5, 0.6) is 0 Å². The van der Waals surface area contributed by atoms with Gasteiger partial charge in [-0.1, -0.05) is 0 Å². The smallest absolute Gasteiger partial charge is 0.408 e. The number of alkyl halides is 24. The molecule has 28 heteroatoms. The van der Waals surface area contributed by atoms with E-state index in [0.29, 0.717) is 0 Å². The highest BCUT2D eigenvalue weighted by molar-refractivity contribution is 5.79. The average Bonchev–Trinajstić information content (AvgIpc) is 2.62. The number of hydrogen-bond donors (Lipinski definition) is 0. The summed E-state index contributed by atoms with van der Waals surface area (Å²) in [6, 6.07) is 0. The monoisotopic (exact) mass is 664 g/mol. The summed E-state index contributed by atoms with van der Waals surface area (Å²) >= 11 is 0. The fourth-order valence-electron chi connectivity index (χ4n) is 1.62. The van der Waals surface area contributed by atoms with E-state index in [4.69, 9.17) is 0 Å². The third-order valence-corrected chi connectivity index (χ3v) is 3.59. The quantitative estimate of drug-likeness (QED) is 0.204. The average molecular weight is 664 g/mol. The number of esters is 1. The molecular weight excluding hydrogens is 664 g/mol. The summed E-state index contributed by atoms with van der Waals surface area (Å²) in [4.78, 5) is 11.0. The van der Waals surface area contributed by atoms with Gasteiger partial charge in [-0.25, -0.2) is 4.79 Å². The number of ether oxygens (including phenoxy) is 3. The molecule has 0 fully saturated rings. The Balaban J connectivity index is 7.12. The van der Waals surface area contributed by atoms with E-state index in [0.717, 1.165) is 4.74 Å². The van der Waals surface area contributed by atoms with Crippen molar-refractivity contribution in [3.63, 3.8) is 0 Å². The molecule has 0 N–H and O–H groups in total. The molecule has 4 nitrogen and oxygen atoms in total. The topological polar surface area (TPSA) is 44.8 Å². The SMILES string of the molecule is O=C(OC(F)(C(F)(F)F)C(F)(F)F)C(F)(OC(F)(F)C(F)(OC(F)(F)C(F)(F)C(F)(F)F)C(F)(F)F)C(F)(F)F. The maximum Gasteiger partial charge on any atom is 0.470 e. The van der Waals surface area contributed by atoms with E-state index in [1.54, 1.807) is 0 Å². The first-order valence-electron chi connectivity index (χ1n) is 7.96. The van der Waals surface area contributed by atoms with Gasteiger partial charge in [-0.2, -0.15) is 105 Å². The van der Waals surface area contributed by atoms with Crippen LogP contribution in [0, 0.1) is 0 Å². The molecule has 0 radical (unpaired) electrons. The molecule has 0 rings (SSSR count). The van der Waals surface area contributed by atoms with Crippen LogP contribution in [0.15, 0.2) is 0 Å². The molecule has 0 aromatic heterocycles. The third-order valence-electron chi connectivity index (χ3n) is 3.59. The number of halogens is 24. The fraction of sp³-hybridized carbons (Fsp3) is 0.917. The lowest BCUT2D eigenvalue weighted by molar-refractivity contribution is -0.549. The van der Waals surface area contributed by atoms with Crippen LogP contribution in [-0.2, 0) is 19.0 Å². The standard InChI is InChI=1S/C12F24O4/c13-2(6(18,19)20,1(37)38-4(16,8(24,25)26)9(27,28)29)39-12(35,36)5(17,10(30,31)32)40-11(33,34)3(14,15)7(21,22)23. The molecule has 0 aromatic rings. The van der Waals surface area contributed by atoms with Crippen LogP contribution in [0.1, 0.15) is 0 Å². The second kappa shape index (κ2) is 9.63. The molecule has 2 unspecified atom stereocenters. The molecule has 240 valence electrons. The van der Waals surface area contributed by atoms with Crippen molar-refractivity contribution >= 4 is 5.97 Å². The number of hydrogen-bond acceptors (Lipinski definition) is 4. The number of rotatable bonds is 8. The van der Waals surface area contributed by atoms with Gasteiger partial charge < -0.3 is 4.74 Å². The minimum absolute atomic E-state index is 1.00. The van der Waals surface area contributed by atoms with Gasteiger partial charge in [0.2, 0.25) is 0 Å². The van der Waals surface area contributed by atoms with E-state index in [1.807, 2.05) is 0 Å². The summed E-state index contributed by atoms with van der Waals surface area (Å²) in [7, 11) is 0. The van der Waals surface area contributed by atoms with Gasteiger partial charge in [0, 0.05) is 0 Å². The van der Waals surface area contributed by atoms with Gasteiger partial charge in [-0.05, 0) is 0 Å². The second-order valence-electron chi connectivity index (χ2n) is 6.48. The molecule has 0 aliphatic heterocycles. The molecule has 0 aliphatic carbocycles. The summed E-state index contributed by atoms with van der Waals surface area (Å²) in [5.74, 6) is -38.3. The Morgan fingerprint density at radius 3 is 0.950 bits per heavy atom. The zero-order valence-electron chi connectivity index (χ0n) is 16.7. The minimum atomic E-state index is -8.63. The van der Waals surface area contributed by atoms with Crippen LogP contribution in [-0.4, -0.2) is 72.6 Å². The third kappa shape index (κ3) is 6.14. The Kier molecular flexibility index (Phi) is 9.08. The summed E-state index contributed by atoms with van der Waals surface area (Å²) in [5, 5.41) is 0. The highest BCUT2D eigenvalue weighted by atomic mass is 19.4. The van der Waals surface area contributed by atoms with Gasteiger partial charge in [0.15, 0.2) is 0 Å². The van der Waals surface area contributed by atoms with Gasteiger partial charge in [0.05, 0.1) is 0 Å². The lowest BCUT2D eigenvalue weighted by Gasteiger charge is -2.40. The Hall–Kier alpha value is -2.29. The van der Waals surface area contributed by atoms with Crippen LogP contribution >= 0.6 is 0 Å². The molecule has 0 heterocycles. The molecular formula is C12F24O4. The maximum absolute atomic E-state index is 14.0. The molecule has 0 amide bonds. The normalized spacial score (nSPS) is 18.7. The predicted molar refractivity (Wildman–Crippen MR) is 64.9 cm³/mol. The summed E-state index contributed by atoms with van der Waals surface area (Å²) in [6.07, 6.45) is -57.1. The van der Waals surface area contributed by atoms with Gasteiger partial charge in [0.1, 0.15) is 0 Å². The summed E-state index contributed by atoms with van der Waals surface area (Å²) in [6.45, 7) is 0. The molecule has 0 spiro atoms. The van der Waals surface area contributed by atoms with Gasteiger partial charge >= 0.3 is 72.6 Å². The number of carbonyl (C=O) groups is 1. The van der Waals surface area contributed by atoms with E-state index < -0.39 is 72.6 Å². The predicted octanol–water partition coefficient (Wildman–Crippen LogP) is 7.19. The molecule has 2 atom stereocenters. The van der Waals surface area contributed by atoms with Crippen LogP contribution in [0.2, 0.25) is 0 Å². The maximum atomic E-state index is 14.0. The lowest BCUT2D eigenvalue weighted by Crippen LogP contribution is -2.69. The first-order valence-corrected chi connectivity index (χ1v) is 7.96.